The van der Waals surface area contributed by atoms with E-state index in [1.807, 2.05) is 0 Å². The Morgan fingerprint density at radius 1 is 1.59 bits per heavy atom. The number of hydrogen-bond donors (Lipinski definition) is 0. The van der Waals surface area contributed by atoms with Crippen LogP contribution in [0.5, 0.6) is 5.88 Å². The molecule has 0 radical (unpaired) electrons. The number of rotatable bonds is 3. The molecular weight excluding hydrogens is 424 g/mol. The van der Waals surface area contributed by atoms with Gasteiger partial charge in [0.1, 0.15) is 5.69 Å². The third-order valence-corrected chi connectivity index (χ3v) is 2.84. The van der Waals surface area contributed by atoms with Crippen molar-refractivity contribution >= 4 is 44.2 Å². The smallest absolute Gasteiger partial charge is 0.387 e. The number of ether oxygens (including phenoxy) is 1. The third kappa shape index (κ3) is 3.94. The van der Waals surface area contributed by atoms with Gasteiger partial charge in [-0.3, -0.25) is 10.1 Å². The SMILES string of the molecule is O=[N+]([O-])c1cc(I)c(OC(F)(F)F)nc1CBr. The lowest BCUT2D eigenvalue weighted by Crippen LogP contribution is -2.19. The molecule has 0 saturated heterocycles. The van der Waals surface area contributed by atoms with E-state index in [4.69, 9.17) is 0 Å². The number of halogens is 5. The molecule has 1 aromatic rings. The van der Waals surface area contributed by atoms with Gasteiger partial charge in [-0.15, -0.1) is 13.2 Å². The van der Waals surface area contributed by atoms with Gasteiger partial charge in [-0.1, -0.05) is 15.9 Å². The zero-order valence-electron chi connectivity index (χ0n) is 7.79. The van der Waals surface area contributed by atoms with Crippen LogP contribution in [0, 0.1) is 13.7 Å². The molecule has 0 aliphatic rings. The maximum Gasteiger partial charge on any atom is 0.574 e. The zero-order chi connectivity index (χ0) is 13.2. The van der Waals surface area contributed by atoms with Crippen LogP contribution in [-0.4, -0.2) is 16.3 Å². The van der Waals surface area contributed by atoms with Crippen molar-refractivity contribution in [2.45, 2.75) is 11.7 Å². The van der Waals surface area contributed by atoms with E-state index < -0.39 is 17.2 Å². The largest absolute Gasteiger partial charge is 0.574 e. The molecule has 0 atom stereocenters. The summed E-state index contributed by atoms with van der Waals surface area (Å²) in [5, 5.41) is 10.6. The predicted molar refractivity (Wildman–Crippen MR) is 62.9 cm³/mol. The lowest BCUT2D eigenvalue weighted by molar-refractivity contribution is -0.386. The highest BCUT2D eigenvalue weighted by Gasteiger charge is 2.33. The van der Waals surface area contributed by atoms with Crippen LogP contribution in [0.25, 0.3) is 0 Å². The molecule has 0 unspecified atom stereocenters. The van der Waals surface area contributed by atoms with Crippen molar-refractivity contribution in [1.82, 2.24) is 4.98 Å². The Kier molecular flexibility index (Phi) is 4.52. The highest BCUT2D eigenvalue weighted by atomic mass is 127. The minimum atomic E-state index is -4.88. The molecule has 1 rings (SSSR count). The molecule has 0 N–H and O–H groups in total. The van der Waals surface area contributed by atoms with Crippen molar-refractivity contribution in [2.24, 2.45) is 0 Å². The molecule has 0 aliphatic carbocycles. The van der Waals surface area contributed by atoms with Crippen molar-refractivity contribution in [2.75, 3.05) is 0 Å². The summed E-state index contributed by atoms with van der Waals surface area (Å²) in [7, 11) is 0. The molecule has 17 heavy (non-hydrogen) atoms. The van der Waals surface area contributed by atoms with Crippen LogP contribution in [0.4, 0.5) is 18.9 Å². The van der Waals surface area contributed by atoms with Crippen LogP contribution in [0.2, 0.25) is 0 Å². The summed E-state index contributed by atoms with van der Waals surface area (Å²) in [6, 6.07) is 0.977. The first-order valence-electron chi connectivity index (χ1n) is 3.90. The highest BCUT2D eigenvalue weighted by Crippen LogP contribution is 2.31. The average Bonchev–Trinajstić information content (AvgIpc) is 2.18. The summed E-state index contributed by atoms with van der Waals surface area (Å²) in [4.78, 5) is 13.3. The molecule has 1 aromatic heterocycles. The van der Waals surface area contributed by atoms with Gasteiger partial charge >= 0.3 is 6.36 Å². The summed E-state index contributed by atoms with van der Waals surface area (Å²) >= 11 is 4.39. The van der Waals surface area contributed by atoms with E-state index in [9.17, 15) is 23.3 Å². The fourth-order valence-electron chi connectivity index (χ4n) is 0.936. The number of nitrogens with zero attached hydrogens (tertiary/aromatic N) is 2. The Morgan fingerprint density at radius 2 is 2.18 bits per heavy atom. The molecule has 5 nitrogen and oxygen atoms in total. The molecule has 0 spiro atoms. The lowest BCUT2D eigenvalue weighted by atomic mass is 10.3. The van der Waals surface area contributed by atoms with Crippen molar-refractivity contribution in [3.8, 4) is 5.88 Å². The van der Waals surface area contributed by atoms with Gasteiger partial charge in [0.15, 0.2) is 0 Å². The molecule has 0 fully saturated rings. The Labute approximate surface area is 115 Å². The molecule has 1 heterocycles. The first-order chi connectivity index (χ1) is 7.74. The molecule has 0 saturated carbocycles. The fraction of sp³-hybridized carbons (Fsp3) is 0.286. The Morgan fingerprint density at radius 3 is 2.59 bits per heavy atom. The maximum atomic E-state index is 12.0. The minimum Gasteiger partial charge on any atom is -0.387 e. The van der Waals surface area contributed by atoms with Crippen LogP contribution in [0.15, 0.2) is 6.07 Å². The van der Waals surface area contributed by atoms with Gasteiger partial charge in [0.2, 0.25) is 5.88 Å². The van der Waals surface area contributed by atoms with E-state index in [1.54, 1.807) is 0 Å². The second-order valence-electron chi connectivity index (χ2n) is 2.68. The lowest BCUT2D eigenvalue weighted by Gasteiger charge is -2.10. The van der Waals surface area contributed by atoms with Gasteiger partial charge in [0.05, 0.1) is 13.8 Å². The minimum absolute atomic E-state index is 0.0472. The second-order valence-corrected chi connectivity index (χ2v) is 4.40. The molecule has 10 heteroatoms. The quantitative estimate of drug-likeness (QED) is 0.321. The van der Waals surface area contributed by atoms with Gasteiger partial charge in [0, 0.05) is 6.07 Å². The van der Waals surface area contributed by atoms with Gasteiger partial charge in [-0.05, 0) is 22.6 Å². The van der Waals surface area contributed by atoms with Crippen LogP contribution < -0.4 is 4.74 Å². The second kappa shape index (κ2) is 5.33. The Balaban J connectivity index is 3.23. The van der Waals surface area contributed by atoms with E-state index in [1.165, 1.54) is 22.6 Å². The van der Waals surface area contributed by atoms with Crippen LogP contribution in [0.3, 0.4) is 0 Å². The predicted octanol–water partition coefficient (Wildman–Crippen LogP) is 3.39. The summed E-state index contributed by atoms with van der Waals surface area (Å²) in [5.74, 6) is -0.696. The number of pyridine rings is 1. The van der Waals surface area contributed by atoms with Crippen molar-refractivity contribution < 1.29 is 22.8 Å². The molecular formula is C7H3BrF3IN2O3. The van der Waals surface area contributed by atoms with Crippen LogP contribution >= 0.6 is 38.5 Å². The summed E-state index contributed by atoms with van der Waals surface area (Å²) < 4.78 is 39.6. The Hall–Kier alpha value is -0.650. The molecule has 0 bridgehead atoms. The van der Waals surface area contributed by atoms with Gasteiger partial charge in [-0.25, -0.2) is 4.98 Å². The van der Waals surface area contributed by atoms with Crippen molar-refractivity contribution in [1.29, 1.82) is 0 Å². The third-order valence-electron chi connectivity index (χ3n) is 1.54. The average molecular weight is 427 g/mol. The van der Waals surface area contributed by atoms with Crippen LogP contribution in [-0.2, 0) is 5.33 Å². The van der Waals surface area contributed by atoms with Gasteiger partial charge in [-0.2, -0.15) is 0 Å². The number of aromatic nitrogens is 1. The summed E-state index contributed by atoms with van der Waals surface area (Å²) in [6.07, 6.45) is -4.88. The maximum absolute atomic E-state index is 12.0. The van der Waals surface area contributed by atoms with Gasteiger partial charge < -0.3 is 4.74 Å². The van der Waals surface area contributed by atoms with Crippen molar-refractivity contribution in [3.63, 3.8) is 0 Å². The van der Waals surface area contributed by atoms with E-state index in [0.717, 1.165) is 6.07 Å². The summed E-state index contributed by atoms with van der Waals surface area (Å²) in [6.45, 7) is 0. The molecule has 94 valence electrons. The number of hydrogen-bond acceptors (Lipinski definition) is 4. The highest BCUT2D eigenvalue weighted by molar-refractivity contribution is 14.1. The van der Waals surface area contributed by atoms with Crippen molar-refractivity contribution in [3.05, 3.63) is 25.4 Å². The molecule has 0 amide bonds. The normalized spacial score (nSPS) is 11.4. The first kappa shape index (κ1) is 14.4. The fourth-order valence-corrected chi connectivity index (χ4v) is 1.87. The van der Waals surface area contributed by atoms with E-state index >= 15 is 0 Å². The van der Waals surface area contributed by atoms with E-state index in [0.29, 0.717) is 0 Å². The van der Waals surface area contributed by atoms with Gasteiger partial charge in [0.25, 0.3) is 5.69 Å². The number of nitro groups is 1. The standard InChI is InChI=1S/C7H3BrF3IN2O3/c8-2-4-5(14(15)16)1-3(12)6(13-4)17-7(9,10)11/h1H,2H2. The molecule has 0 aromatic carbocycles. The number of alkyl halides is 4. The summed E-state index contributed by atoms with van der Waals surface area (Å²) in [5.41, 5.74) is -0.490. The van der Waals surface area contributed by atoms with E-state index in [-0.39, 0.29) is 20.3 Å². The zero-order valence-corrected chi connectivity index (χ0v) is 11.5. The van der Waals surface area contributed by atoms with E-state index in [2.05, 4.69) is 25.7 Å². The molecule has 0 aliphatic heterocycles. The first-order valence-corrected chi connectivity index (χ1v) is 6.10. The topological polar surface area (TPSA) is 65.3 Å². The Bertz CT molecular complexity index is 455. The van der Waals surface area contributed by atoms with Crippen LogP contribution in [0.1, 0.15) is 5.69 Å². The monoisotopic (exact) mass is 426 g/mol.